The maximum Gasteiger partial charge on any atom is 0.321 e. The lowest BCUT2D eigenvalue weighted by Gasteiger charge is -2.42. The van der Waals surface area contributed by atoms with Crippen LogP contribution in [0.4, 0.5) is 31.0 Å². The summed E-state index contributed by atoms with van der Waals surface area (Å²) in [6.45, 7) is 5.30. The van der Waals surface area contributed by atoms with Crippen LogP contribution in [0.5, 0.6) is 0 Å². The van der Waals surface area contributed by atoms with Gasteiger partial charge < -0.3 is 20.4 Å². The molecule has 1 aromatic heterocycles. The zero-order chi connectivity index (χ0) is 25.6. The zero-order valence-corrected chi connectivity index (χ0v) is 21.3. The summed E-state index contributed by atoms with van der Waals surface area (Å²) in [5.41, 5.74) is 0.000556. The van der Waals surface area contributed by atoms with Gasteiger partial charge in [-0.2, -0.15) is 4.98 Å². The number of nitrogens with one attached hydrogen (secondary N) is 2. The fourth-order valence-electron chi connectivity index (χ4n) is 5.75. The van der Waals surface area contributed by atoms with Crippen molar-refractivity contribution in [2.24, 2.45) is 0 Å². The summed E-state index contributed by atoms with van der Waals surface area (Å²) in [7, 11) is 0. The Labute approximate surface area is 217 Å². The number of piperidine rings is 2. The average molecular weight is 514 g/mol. The average Bonchev–Trinajstić information content (AvgIpc) is 3.21. The van der Waals surface area contributed by atoms with Crippen molar-refractivity contribution in [3.05, 3.63) is 42.1 Å². The van der Waals surface area contributed by atoms with Gasteiger partial charge in [0.05, 0.1) is 5.69 Å². The monoisotopic (exact) mass is 513 g/mol. The maximum absolute atomic E-state index is 13.9. The molecule has 3 aliphatic heterocycles. The minimum atomic E-state index is -0.768. The maximum atomic E-state index is 13.9. The molecule has 10 heteroatoms. The van der Waals surface area contributed by atoms with E-state index >= 15 is 0 Å². The second kappa shape index (κ2) is 12.0. The molecule has 3 aliphatic rings. The number of benzene rings is 1. The van der Waals surface area contributed by atoms with Crippen LogP contribution in [-0.4, -0.2) is 77.2 Å². The highest BCUT2D eigenvalue weighted by Gasteiger charge is 2.31. The lowest BCUT2D eigenvalue weighted by Crippen LogP contribution is -2.52. The van der Waals surface area contributed by atoms with E-state index in [1.54, 1.807) is 4.90 Å². The number of nitrogens with zero attached hydrogens (tertiary/aromatic N) is 5. The number of amides is 2. The normalized spacial score (nSPS) is 21.9. The molecule has 8 nitrogen and oxygen atoms in total. The third kappa shape index (κ3) is 6.66. The van der Waals surface area contributed by atoms with E-state index in [1.807, 2.05) is 12.3 Å². The van der Waals surface area contributed by atoms with Gasteiger partial charge in [0, 0.05) is 57.1 Å². The molecule has 3 fully saturated rings. The van der Waals surface area contributed by atoms with Gasteiger partial charge in [-0.1, -0.05) is 12.8 Å². The van der Waals surface area contributed by atoms with Gasteiger partial charge in [0.2, 0.25) is 5.95 Å². The molecular formula is C27H37F2N7O. The molecule has 0 saturated carbocycles. The Bertz CT molecular complexity index is 1050. The number of anilines is 3. The number of carbonyl (C=O) groups excluding carboxylic acids is 1. The SMILES string of the molecule is O=C(Nc1ccc(F)cc1F)N1CCC(N2CCCC(Nc3nccc(N4CCCCCC4)n3)C2)CC1. The third-order valence-electron chi connectivity index (χ3n) is 7.80. The number of halogens is 2. The summed E-state index contributed by atoms with van der Waals surface area (Å²) in [4.78, 5) is 28.6. The van der Waals surface area contributed by atoms with Crippen molar-refractivity contribution in [1.82, 2.24) is 19.8 Å². The largest absolute Gasteiger partial charge is 0.356 e. The van der Waals surface area contributed by atoms with E-state index in [4.69, 9.17) is 4.98 Å². The molecule has 3 saturated heterocycles. The first-order chi connectivity index (χ1) is 18.0. The third-order valence-corrected chi connectivity index (χ3v) is 7.80. The number of hydrogen-bond donors (Lipinski definition) is 2. The van der Waals surface area contributed by atoms with Crippen LogP contribution in [-0.2, 0) is 0 Å². The summed E-state index contributed by atoms with van der Waals surface area (Å²) >= 11 is 0. The summed E-state index contributed by atoms with van der Waals surface area (Å²) in [6, 6.07) is 5.53. The van der Waals surface area contributed by atoms with E-state index in [1.165, 1.54) is 31.7 Å². The highest BCUT2D eigenvalue weighted by molar-refractivity contribution is 5.89. The van der Waals surface area contributed by atoms with E-state index in [9.17, 15) is 13.6 Å². The molecule has 200 valence electrons. The molecular weight excluding hydrogens is 476 g/mol. The zero-order valence-electron chi connectivity index (χ0n) is 21.3. The quantitative estimate of drug-likeness (QED) is 0.603. The smallest absolute Gasteiger partial charge is 0.321 e. The van der Waals surface area contributed by atoms with Gasteiger partial charge in [0.25, 0.3) is 0 Å². The number of likely N-dealkylation sites (tertiary alicyclic amines) is 2. The Balaban J connectivity index is 1.11. The predicted octanol–water partition coefficient (Wildman–Crippen LogP) is 4.71. The molecule has 2 N–H and O–H groups in total. The number of hydrogen-bond acceptors (Lipinski definition) is 6. The fraction of sp³-hybridized carbons (Fsp3) is 0.593. The van der Waals surface area contributed by atoms with Gasteiger partial charge in [-0.05, 0) is 63.3 Å². The van der Waals surface area contributed by atoms with Crippen LogP contribution in [0.25, 0.3) is 0 Å². The summed E-state index contributed by atoms with van der Waals surface area (Å²) in [5, 5.41) is 6.15. The first kappa shape index (κ1) is 25.6. The summed E-state index contributed by atoms with van der Waals surface area (Å²) in [5.74, 6) is 0.282. The molecule has 0 spiro atoms. The van der Waals surface area contributed by atoms with E-state index in [0.29, 0.717) is 25.1 Å². The highest BCUT2D eigenvalue weighted by atomic mass is 19.1. The molecule has 5 rings (SSSR count). The van der Waals surface area contributed by atoms with Gasteiger partial charge in [0.15, 0.2) is 0 Å². The van der Waals surface area contributed by atoms with Crippen LogP contribution in [0.3, 0.4) is 0 Å². The molecule has 2 amide bonds. The highest BCUT2D eigenvalue weighted by Crippen LogP contribution is 2.24. The molecule has 1 atom stereocenters. The molecule has 2 aromatic rings. The number of aromatic nitrogens is 2. The molecule has 4 heterocycles. The first-order valence-corrected chi connectivity index (χ1v) is 13.6. The van der Waals surface area contributed by atoms with Crippen molar-refractivity contribution in [1.29, 1.82) is 0 Å². The van der Waals surface area contributed by atoms with Crippen LogP contribution in [0, 0.1) is 11.6 Å². The van der Waals surface area contributed by atoms with Crippen LogP contribution in [0.2, 0.25) is 0 Å². The van der Waals surface area contributed by atoms with E-state index in [2.05, 4.69) is 25.4 Å². The summed E-state index contributed by atoms with van der Waals surface area (Å²) < 4.78 is 27.0. The first-order valence-electron chi connectivity index (χ1n) is 13.6. The molecule has 1 aromatic carbocycles. The van der Waals surface area contributed by atoms with Crippen molar-refractivity contribution in [2.75, 3.05) is 54.8 Å². The van der Waals surface area contributed by atoms with E-state index in [-0.39, 0.29) is 17.8 Å². The second-order valence-corrected chi connectivity index (χ2v) is 10.4. The Morgan fingerprint density at radius 2 is 1.70 bits per heavy atom. The Morgan fingerprint density at radius 3 is 2.46 bits per heavy atom. The van der Waals surface area contributed by atoms with Crippen LogP contribution < -0.4 is 15.5 Å². The van der Waals surface area contributed by atoms with Crippen LogP contribution in [0.15, 0.2) is 30.5 Å². The second-order valence-electron chi connectivity index (χ2n) is 10.4. The number of rotatable bonds is 5. The van der Waals surface area contributed by atoms with Gasteiger partial charge in [-0.25, -0.2) is 18.6 Å². The Kier molecular flexibility index (Phi) is 8.33. The minimum absolute atomic E-state index is 0.000556. The lowest BCUT2D eigenvalue weighted by molar-refractivity contribution is 0.0996. The summed E-state index contributed by atoms with van der Waals surface area (Å²) in [6.07, 6.45) is 10.8. The molecule has 0 radical (unpaired) electrons. The van der Waals surface area contributed by atoms with E-state index < -0.39 is 11.6 Å². The molecule has 0 aliphatic carbocycles. The Morgan fingerprint density at radius 1 is 0.919 bits per heavy atom. The van der Waals surface area contributed by atoms with Gasteiger partial charge in [-0.15, -0.1) is 0 Å². The minimum Gasteiger partial charge on any atom is -0.356 e. The molecule has 0 bridgehead atoms. The predicted molar refractivity (Wildman–Crippen MR) is 141 cm³/mol. The van der Waals surface area contributed by atoms with Crippen molar-refractivity contribution in [2.45, 2.75) is 63.5 Å². The topological polar surface area (TPSA) is 76.6 Å². The van der Waals surface area contributed by atoms with Gasteiger partial charge in [0.1, 0.15) is 17.5 Å². The van der Waals surface area contributed by atoms with E-state index in [0.717, 1.165) is 69.8 Å². The van der Waals surface area contributed by atoms with Crippen molar-refractivity contribution < 1.29 is 13.6 Å². The Hall–Kier alpha value is -3.01. The lowest BCUT2D eigenvalue weighted by atomic mass is 9.98. The standard InChI is InChI=1S/C27H37F2N7O/c28-20-7-8-24(23(29)18-20)32-27(37)35-16-10-22(11-17-35)36-15-5-6-21(19-36)31-26-30-12-9-25(33-26)34-13-3-1-2-4-14-34/h7-9,12,18,21-22H,1-6,10-11,13-17,19H2,(H,32,37)(H,30,31,33). The van der Waals surface area contributed by atoms with Gasteiger partial charge >= 0.3 is 6.03 Å². The molecule has 1 unspecified atom stereocenters. The van der Waals surface area contributed by atoms with Crippen LogP contribution >= 0.6 is 0 Å². The molecule has 37 heavy (non-hydrogen) atoms. The van der Waals surface area contributed by atoms with Crippen molar-refractivity contribution >= 4 is 23.5 Å². The van der Waals surface area contributed by atoms with Crippen molar-refractivity contribution in [3.63, 3.8) is 0 Å². The van der Waals surface area contributed by atoms with Crippen LogP contribution in [0.1, 0.15) is 51.4 Å². The fourth-order valence-corrected chi connectivity index (χ4v) is 5.75. The van der Waals surface area contributed by atoms with Gasteiger partial charge in [-0.3, -0.25) is 4.90 Å². The van der Waals surface area contributed by atoms with Crippen molar-refractivity contribution in [3.8, 4) is 0 Å². The number of urea groups is 1. The number of carbonyl (C=O) groups is 1.